The average Bonchev–Trinajstić information content (AvgIpc) is 3.55. The van der Waals surface area contributed by atoms with Gasteiger partial charge in [-0.1, -0.05) is 23.3 Å². The number of hydrogen-bond donors (Lipinski definition) is 0. The quantitative estimate of drug-likeness (QED) is 0.488. The zero-order valence-corrected chi connectivity index (χ0v) is 18.7. The van der Waals surface area contributed by atoms with E-state index in [9.17, 15) is 4.79 Å². The van der Waals surface area contributed by atoms with E-state index in [1.165, 1.54) is 10.4 Å². The molecule has 2 aromatic heterocycles. The Morgan fingerprint density at radius 3 is 2.36 bits per heavy atom. The van der Waals surface area contributed by atoms with Crippen LogP contribution in [0.2, 0.25) is 0 Å². The van der Waals surface area contributed by atoms with E-state index in [0.29, 0.717) is 23.1 Å². The van der Waals surface area contributed by atoms with Crippen molar-refractivity contribution in [2.45, 2.75) is 13.8 Å². The zero-order valence-electron chi connectivity index (χ0n) is 18.7. The van der Waals surface area contributed by atoms with Gasteiger partial charge in [-0.05, 0) is 38.1 Å². The third kappa shape index (κ3) is 3.51. The van der Waals surface area contributed by atoms with Gasteiger partial charge in [-0.15, -0.1) is 0 Å². The second-order valence-corrected chi connectivity index (χ2v) is 9.21. The Morgan fingerprint density at radius 2 is 1.61 bits per heavy atom. The van der Waals surface area contributed by atoms with Crippen molar-refractivity contribution in [2.75, 3.05) is 31.1 Å². The second kappa shape index (κ2) is 7.65. The summed E-state index contributed by atoms with van der Waals surface area (Å²) in [6.07, 6.45) is 5.16. The van der Waals surface area contributed by atoms with Crippen LogP contribution < -0.4 is 4.90 Å². The summed E-state index contributed by atoms with van der Waals surface area (Å²) >= 11 is 0. The summed E-state index contributed by atoms with van der Waals surface area (Å²) in [4.78, 5) is 28.7. The van der Waals surface area contributed by atoms with Gasteiger partial charge in [0.25, 0.3) is 5.91 Å². The molecule has 0 radical (unpaired) electrons. The molecule has 2 atom stereocenters. The SMILES string of the molecule is Cc1ccc(-n2nccn2)c(C(=O)N2CC3CN(c4ncc5cc(C)ccc5n4)CC3C2)c1. The van der Waals surface area contributed by atoms with E-state index in [-0.39, 0.29) is 5.91 Å². The van der Waals surface area contributed by atoms with Gasteiger partial charge in [-0.2, -0.15) is 15.0 Å². The summed E-state index contributed by atoms with van der Waals surface area (Å²) in [7, 11) is 0. The minimum absolute atomic E-state index is 0.0456. The highest BCUT2D eigenvalue weighted by molar-refractivity contribution is 5.98. The van der Waals surface area contributed by atoms with Crippen LogP contribution in [-0.4, -0.2) is 61.9 Å². The third-order valence-corrected chi connectivity index (χ3v) is 6.80. The Balaban J connectivity index is 1.19. The molecule has 33 heavy (non-hydrogen) atoms. The van der Waals surface area contributed by atoms with Crippen molar-refractivity contribution in [3.8, 4) is 5.69 Å². The lowest BCUT2D eigenvalue weighted by Gasteiger charge is -2.23. The lowest BCUT2D eigenvalue weighted by Crippen LogP contribution is -2.34. The van der Waals surface area contributed by atoms with Crippen molar-refractivity contribution < 1.29 is 4.79 Å². The molecule has 0 spiro atoms. The predicted molar refractivity (Wildman–Crippen MR) is 125 cm³/mol. The lowest BCUT2D eigenvalue weighted by molar-refractivity contribution is 0.0782. The standard InChI is InChI=1S/C25H25N7O/c1-16-3-5-22-18(9-16)11-26-25(29-22)31-14-19-12-30(13-20(19)15-31)24(33)21-10-17(2)4-6-23(21)32-27-7-8-28-32/h3-11,19-20H,12-15H2,1-2H3. The molecule has 0 N–H and O–H groups in total. The maximum atomic E-state index is 13.5. The van der Waals surface area contributed by atoms with Gasteiger partial charge in [0.2, 0.25) is 5.95 Å². The molecule has 2 aliphatic rings. The fourth-order valence-electron chi connectivity index (χ4n) is 5.12. The first-order chi connectivity index (χ1) is 16.0. The van der Waals surface area contributed by atoms with Crippen LogP contribution in [0, 0.1) is 25.7 Å². The largest absolute Gasteiger partial charge is 0.340 e. The van der Waals surface area contributed by atoms with Crippen LogP contribution in [0.25, 0.3) is 16.6 Å². The van der Waals surface area contributed by atoms with Gasteiger partial charge in [0.1, 0.15) is 0 Å². The summed E-state index contributed by atoms with van der Waals surface area (Å²) in [5, 5.41) is 9.52. The fourth-order valence-corrected chi connectivity index (χ4v) is 5.12. The summed E-state index contributed by atoms with van der Waals surface area (Å²) < 4.78 is 0. The zero-order chi connectivity index (χ0) is 22.5. The Kier molecular flexibility index (Phi) is 4.60. The van der Waals surface area contributed by atoms with Crippen molar-refractivity contribution in [1.82, 2.24) is 29.9 Å². The van der Waals surface area contributed by atoms with Crippen LogP contribution >= 0.6 is 0 Å². The van der Waals surface area contributed by atoms with Crippen molar-refractivity contribution in [2.24, 2.45) is 11.8 Å². The molecule has 2 unspecified atom stereocenters. The van der Waals surface area contributed by atoms with Gasteiger partial charge in [-0.3, -0.25) is 4.79 Å². The van der Waals surface area contributed by atoms with Gasteiger partial charge >= 0.3 is 0 Å². The van der Waals surface area contributed by atoms with Crippen LogP contribution in [0.4, 0.5) is 5.95 Å². The molecular weight excluding hydrogens is 414 g/mol. The smallest absolute Gasteiger partial charge is 0.256 e. The monoisotopic (exact) mass is 439 g/mol. The minimum Gasteiger partial charge on any atom is -0.340 e. The minimum atomic E-state index is 0.0456. The number of hydrogen-bond acceptors (Lipinski definition) is 6. The maximum absolute atomic E-state index is 13.5. The molecule has 166 valence electrons. The molecule has 4 heterocycles. The number of aryl methyl sites for hydroxylation is 2. The number of amides is 1. The number of rotatable bonds is 3. The number of aromatic nitrogens is 5. The topological polar surface area (TPSA) is 80.0 Å². The van der Waals surface area contributed by atoms with Crippen LogP contribution in [0.15, 0.2) is 55.0 Å². The van der Waals surface area contributed by atoms with Crippen LogP contribution in [0.3, 0.4) is 0 Å². The van der Waals surface area contributed by atoms with Gasteiger partial charge in [0.05, 0.1) is 29.2 Å². The first kappa shape index (κ1) is 19.8. The van der Waals surface area contributed by atoms with Crippen LogP contribution in [0.1, 0.15) is 21.5 Å². The van der Waals surface area contributed by atoms with Crippen molar-refractivity contribution in [1.29, 1.82) is 0 Å². The summed E-state index contributed by atoms with van der Waals surface area (Å²) in [5.74, 6) is 1.67. The molecule has 2 aliphatic heterocycles. The molecule has 2 aromatic carbocycles. The first-order valence-electron chi connectivity index (χ1n) is 11.3. The molecule has 2 saturated heterocycles. The molecule has 0 bridgehead atoms. The molecule has 0 saturated carbocycles. The number of carbonyl (C=O) groups excluding carboxylic acids is 1. The summed E-state index contributed by atoms with van der Waals surface area (Å²) in [6.45, 7) is 7.30. The summed E-state index contributed by atoms with van der Waals surface area (Å²) in [5.41, 5.74) is 4.59. The Hall–Kier alpha value is -3.81. The van der Waals surface area contributed by atoms with Crippen molar-refractivity contribution in [3.63, 3.8) is 0 Å². The number of likely N-dealkylation sites (tertiary alicyclic amines) is 1. The second-order valence-electron chi connectivity index (χ2n) is 9.21. The van der Waals surface area contributed by atoms with E-state index in [1.807, 2.05) is 36.2 Å². The van der Waals surface area contributed by atoms with Crippen molar-refractivity contribution >= 4 is 22.8 Å². The summed E-state index contributed by atoms with van der Waals surface area (Å²) in [6, 6.07) is 12.1. The lowest BCUT2D eigenvalue weighted by atomic mass is 10.0. The molecule has 6 rings (SSSR count). The number of nitrogens with zero attached hydrogens (tertiary/aromatic N) is 7. The molecule has 4 aromatic rings. The maximum Gasteiger partial charge on any atom is 0.256 e. The molecule has 8 nitrogen and oxygen atoms in total. The van der Waals surface area contributed by atoms with Gasteiger partial charge in [0.15, 0.2) is 0 Å². The normalized spacial score (nSPS) is 19.9. The number of fused-ring (bicyclic) bond motifs is 2. The first-order valence-corrected chi connectivity index (χ1v) is 11.3. The Bertz CT molecular complexity index is 1340. The van der Waals surface area contributed by atoms with E-state index in [1.54, 1.807) is 12.4 Å². The number of benzene rings is 2. The van der Waals surface area contributed by atoms with Gasteiger partial charge in [-0.25, -0.2) is 9.97 Å². The van der Waals surface area contributed by atoms with E-state index >= 15 is 0 Å². The van der Waals surface area contributed by atoms with Crippen molar-refractivity contribution in [3.05, 3.63) is 71.7 Å². The Labute approximate surface area is 191 Å². The van der Waals surface area contributed by atoms with E-state index in [0.717, 1.165) is 48.6 Å². The predicted octanol–water partition coefficient (Wildman–Crippen LogP) is 3.04. The highest BCUT2D eigenvalue weighted by Gasteiger charge is 2.42. The van der Waals surface area contributed by atoms with E-state index in [2.05, 4.69) is 45.2 Å². The fraction of sp³-hybridized carbons (Fsp3) is 0.320. The Morgan fingerprint density at radius 1 is 0.909 bits per heavy atom. The highest BCUT2D eigenvalue weighted by Crippen LogP contribution is 2.34. The van der Waals surface area contributed by atoms with E-state index in [4.69, 9.17) is 4.98 Å². The highest BCUT2D eigenvalue weighted by atomic mass is 16.2. The van der Waals surface area contributed by atoms with Crippen LogP contribution in [0.5, 0.6) is 0 Å². The number of carbonyl (C=O) groups is 1. The van der Waals surface area contributed by atoms with Gasteiger partial charge in [0, 0.05) is 49.6 Å². The molecular formula is C25H25N7O. The molecule has 0 aliphatic carbocycles. The average molecular weight is 440 g/mol. The van der Waals surface area contributed by atoms with Gasteiger partial charge < -0.3 is 9.80 Å². The number of anilines is 1. The van der Waals surface area contributed by atoms with E-state index < -0.39 is 0 Å². The molecule has 2 fully saturated rings. The third-order valence-electron chi connectivity index (χ3n) is 6.80. The van der Waals surface area contributed by atoms with Crippen LogP contribution in [-0.2, 0) is 0 Å². The molecule has 8 heteroatoms. The molecule has 1 amide bonds.